The summed E-state index contributed by atoms with van der Waals surface area (Å²) in [6.07, 6.45) is 1.07. The maximum Gasteiger partial charge on any atom is 0.228 e. The van der Waals surface area contributed by atoms with Crippen molar-refractivity contribution >= 4 is 5.91 Å². The molecule has 0 fully saturated rings. The first-order valence-electron chi connectivity index (χ1n) is 5.49. The molecule has 2 N–H and O–H groups in total. The first-order valence-corrected chi connectivity index (χ1v) is 5.49. The van der Waals surface area contributed by atoms with Crippen LogP contribution in [0.3, 0.4) is 0 Å². The molecule has 1 heterocycles. The number of aromatic nitrogens is 2. The molecule has 16 heavy (non-hydrogen) atoms. The first-order chi connectivity index (χ1) is 7.72. The normalized spacial score (nSPS) is 10.4. The van der Waals surface area contributed by atoms with E-state index in [2.05, 4.69) is 20.8 Å². The second-order valence-electron chi connectivity index (χ2n) is 3.44. The van der Waals surface area contributed by atoms with Crippen LogP contribution < -0.4 is 10.6 Å². The molecule has 0 saturated carbocycles. The molecule has 1 aromatic rings. The zero-order valence-corrected chi connectivity index (χ0v) is 9.75. The Labute approximate surface area is 94.8 Å². The number of carbonyl (C=O) groups excluding carboxylic acids is 1. The lowest BCUT2D eigenvalue weighted by molar-refractivity contribution is -0.120. The predicted molar refractivity (Wildman–Crippen MR) is 58.9 cm³/mol. The van der Waals surface area contributed by atoms with Crippen molar-refractivity contribution < 1.29 is 9.32 Å². The summed E-state index contributed by atoms with van der Waals surface area (Å²) in [4.78, 5) is 15.3. The van der Waals surface area contributed by atoms with Crippen LogP contribution in [-0.4, -0.2) is 35.7 Å². The van der Waals surface area contributed by atoms with Crippen molar-refractivity contribution in [2.45, 2.75) is 26.7 Å². The second-order valence-corrected chi connectivity index (χ2v) is 3.44. The van der Waals surface area contributed by atoms with Crippen molar-refractivity contribution in [1.29, 1.82) is 0 Å². The molecule has 0 aliphatic rings. The minimum absolute atomic E-state index is 0.0391. The lowest BCUT2D eigenvalue weighted by atomic mass is 10.3. The van der Waals surface area contributed by atoms with Crippen LogP contribution in [0.15, 0.2) is 4.52 Å². The average molecular weight is 226 g/mol. The molecule has 0 atom stereocenters. The van der Waals surface area contributed by atoms with Crippen molar-refractivity contribution in [1.82, 2.24) is 20.8 Å². The summed E-state index contributed by atoms with van der Waals surface area (Å²) < 4.78 is 4.92. The van der Waals surface area contributed by atoms with Gasteiger partial charge in [-0.2, -0.15) is 4.98 Å². The van der Waals surface area contributed by atoms with E-state index in [0.29, 0.717) is 37.6 Å². The third-order valence-corrected chi connectivity index (χ3v) is 2.01. The smallest absolute Gasteiger partial charge is 0.228 e. The number of nitrogens with one attached hydrogen (secondary N) is 2. The number of hydrogen-bond donors (Lipinski definition) is 2. The fourth-order valence-corrected chi connectivity index (χ4v) is 1.22. The summed E-state index contributed by atoms with van der Waals surface area (Å²) in [5.74, 6) is 1.22. The number of nitrogens with zero attached hydrogens (tertiary/aromatic N) is 2. The van der Waals surface area contributed by atoms with E-state index >= 15 is 0 Å². The summed E-state index contributed by atoms with van der Waals surface area (Å²) in [6, 6.07) is 0. The topological polar surface area (TPSA) is 80.0 Å². The maximum atomic E-state index is 11.3. The third kappa shape index (κ3) is 4.88. The largest absolute Gasteiger partial charge is 0.356 e. The van der Waals surface area contributed by atoms with Gasteiger partial charge in [0.1, 0.15) is 0 Å². The monoisotopic (exact) mass is 226 g/mol. The van der Waals surface area contributed by atoms with Crippen LogP contribution >= 0.6 is 0 Å². The van der Waals surface area contributed by atoms with Gasteiger partial charge < -0.3 is 15.2 Å². The molecule has 6 nitrogen and oxygen atoms in total. The molecule has 0 saturated heterocycles. The molecule has 0 unspecified atom stereocenters. The summed E-state index contributed by atoms with van der Waals surface area (Å²) in [7, 11) is 0. The highest BCUT2D eigenvalue weighted by Crippen LogP contribution is 1.95. The van der Waals surface area contributed by atoms with E-state index in [9.17, 15) is 4.79 Å². The van der Waals surface area contributed by atoms with Crippen LogP contribution in [0.4, 0.5) is 0 Å². The molecule has 0 aliphatic carbocycles. The van der Waals surface area contributed by atoms with Gasteiger partial charge in [0.2, 0.25) is 11.8 Å². The number of carbonyl (C=O) groups is 1. The Bertz CT molecular complexity index is 324. The standard InChI is InChI=1S/C10H18N4O2/c1-3-11-6-4-9(15)12-7-5-10-13-8(2)14-16-10/h11H,3-7H2,1-2H3,(H,12,15). The lowest BCUT2D eigenvalue weighted by Gasteiger charge is -2.03. The molecule has 1 aromatic heterocycles. The van der Waals surface area contributed by atoms with Gasteiger partial charge in [-0.15, -0.1) is 0 Å². The van der Waals surface area contributed by atoms with Gasteiger partial charge in [0.25, 0.3) is 0 Å². The fraction of sp³-hybridized carbons (Fsp3) is 0.700. The molecule has 6 heteroatoms. The van der Waals surface area contributed by atoms with Crippen LogP contribution in [0.1, 0.15) is 25.1 Å². The van der Waals surface area contributed by atoms with E-state index in [0.717, 1.165) is 6.54 Å². The molecule has 90 valence electrons. The zero-order valence-electron chi connectivity index (χ0n) is 9.75. The van der Waals surface area contributed by atoms with Gasteiger partial charge in [-0.3, -0.25) is 4.79 Å². The Morgan fingerprint density at radius 2 is 2.25 bits per heavy atom. The number of rotatable bonds is 7. The molecular formula is C10H18N4O2. The van der Waals surface area contributed by atoms with Gasteiger partial charge in [0.15, 0.2) is 5.82 Å². The van der Waals surface area contributed by atoms with E-state index in [1.54, 1.807) is 6.92 Å². The summed E-state index contributed by atoms with van der Waals surface area (Å²) >= 11 is 0. The lowest BCUT2D eigenvalue weighted by Crippen LogP contribution is -2.29. The van der Waals surface area contributed by atoms with E-state index in [4.69, 9.17) is 4.52 Å². The van der Waals surface area contributed by atoms with Crippen LogP contribution in [0.5, 0.6) is 0 Å². The average Bonchev–Trinajstić information content (AvgIpc) is 2.65. The van der Waals surface area contributed by atoms with E-state index < -0.39 is 0 Å². The van der Waals surface area contributed by atoms with Gasteiger partial charge in [0, 0.05) is 25.9 Å². The quantitative estimate of drug-likeness (QED) is 0.641. The van der Waals surface area contributed by atoms with Crippen molar-refractivity contribution in [3.8, 4) is 0 Å². The Morgan fingerprint density at radius 3 is 2.88 bits per heavy atom. The fourth-order valence-electron chi connectivity index (χ4n) is 1.22. The van der Waals surface area contributed by atoms with Gasteiger partial charge >= 0.3 is 0 Å². The van der Waals surface area contributed by atoms with Crippen LogP contribution in [-0.2, 0) is 11.2 Å². The molecular weight excluding hydrogens is 208 g/mol. The third-order valence-electron chi connectivity index (χ3n) is 2.01. The number of amides is 1. The van der Waals surface area contributed by atoms with Crippen molar-refractivity contribution in [2.75, 3.05) is 19.6 Å². The highest BCUT2D eigenvalue weighted by molar-refractivity contribution is 5.76. The minimum Gasteiger partial charge on any atom is -0.356 e. The van der Waals surface area contributed by atoms with Gasteiger partial charge in [-0.05, 0) is 13.5 Å². The van der Waals surface area contributed by atoms with Crippen LogP contribution in [0, 0.1) is 6.92 Å². The summed E-state index contributed by atoms with van der Waals surface area (Å²) in [6.45, 7) is 5.90. The predicted octanol–water partition coefficient (Wildman–Crippen LogP) is 0.0363. The van der Waals surface area contributed by atoms with Gasteiger partial charge in [-0.25, -0.2) is 0 Å². The Hall–Kier alpha value is -1.43. The highest BCUT2D eigenvalue weighted by Gasteiger charge is 2.04. The second kappa shape index (κ2) is 6.95. The number of hydrogen-bond acceptors (Lipinski definition) is 5. The SMILES string of the molecule is CCNCCC(=O)NCCc1nc(C)no1. The molecule has 1 amide bonds. The molecule has 0 bridgehead atoms. The molecule has 0 spiro atoms. The van der Waals surface area contributed by atoms with Gasteiger partial charge in [-0.1, -0.05) is 12.1 Å². The van der Waals surface area contributed by atoms with E-state index in [1.165, 1.54) is 0 Å². The van der Waals surface area contributed by atoms with Crippen molar-refractivity contribution in [2.24, 2.45) is 0 Å². The Kier molecular flexibility index (Phi) is 5.49. The molecule has 1 rings (SSSR count). The Balaban J connectivity index is 2.08. The van der Waals surface area contributed by atoms with Crippen molar-refractivity contribution in [3.05, 3.63) is 11.7 Å². The minimum atomic E-state index is 0.0391. The zero-order chi connectivity index (χ0) is 11.8. The molecule has 0 aliphatic heterocycles. The summed E-state index contributed by atoms with van der Waals surface area (Å²) in [5, 5.41) is 9.55. The van der Waals surface area contributed by atoms with Gasteiger partial charge in [0.05, 0.1) is 0 Å². The number of aryl methyl sites for hydroxylation is 1. The van der Waals surface area contributed by atoms with Crippen LogP contribution in [0.2, 0.25) is 0 Å². The molecule has 0 radical (unpaired) electrons. The first kappa shape index (κ1) is 12.6. The van der Waals surface area contributed by atoms with E-state index in [-0.39, 0.29) is 5.91 Å². The Morgan fingerprint density at radius 1 is 1.44 bits per heavy atom. The molecule has 0 aromatic carbocycles. The summed E-state index contributed by atoms with van der Waals surface area (Å²) in [5.41, 5.74) is 0. The van der Waals surface area contributed by atoms with Crippen molar-refractivity contribution in [3.63, 3.8) is 0 Å². The van der Waals surface area contributed by atoms with Crippen LogP contribution in [0.25, 0.3) is 0 Å². The maximum absolute atomic E-state index is 11.3. The van der Waals surface area contributed by atoms with E-state index in [1.807, 2.05) is 6.92 Å². The highest BCUT2D eigenvalue weighted by atomic mass is 16.5.